The first kappa shape index (κ1) is 35.0. The molecular formula is C31H45N5O8SSi. The van der Waals surface area contributed by atoms with Gasteiger partial charge >= 0.3 is 5.97 Å². The number of sulfonamides is 1. The number of aryl methyl sites for hydroxylation is 1. The molecule has 1 fully saturated rings. The molecule has 4 rings (SSSR count). The van der Waals surface area contributed by atoms with Gasteiger partial charge in [-0.25, -0.2) is 17.5 Å². The first-order chi connectivity index (χ1) is 21.7. The highest BCUT2D eigenvalue weighted by Crippen LogP contribution is 2.40. The van der Waals surface area contributed by atoms with Crippen molar-refractivity contribution in [3.05, 3.63) is 36.1 Å². The van der Waals surface area contributed by atoms with E-state index in [2.05, 4.69) is 29.8 Å². The molecule has 46 heavy (non-hydrogen) atoms. The largest absolute Gasteiger partial charge is 0.494 e. The lowest BCUT2D eigenvalue weighted by Crippen LogP contribution is -2.53. The first-order valence-corrected chi connectivity index (χ1v) is 20.7. The number of rotatable bonds is 14. The maximum absolute atomic E-state index is 14.7. The van der Waals surface area contributed by atoms with Crippen LogP contribution in [-0.2, 0) is 24.3 Å². The van der Waals surface area contributed by atoms with Gasteiger partial charge in [0.15, 0.2) is 5.76 Å². The molecule has 1 saturated heterocycles. The van der Waals surface area contributed by atoms with Gasteiger partial charge in [0, 0.05) is 27.6 Å². The number of methoxy groups -OCH3 is 2. The Labute approximate surface area is 271 Å². The van der Waals surface area contributed by atoms with Gasteiger partial charge < -0.3 is 23.5 Å². The summed E-state index contributed by atoms with van der Waals surface area (Å²) in [5, 5.41) is 7.79. The van der Waals surface area contributed by atoms with Crippen LogP contribution in [0.15, 0.2) is 34.7 Å². The van der Waals surface area contributed by atoms with Crippen LogP contribution in [0.5, 0.6) is 11.5 Å². The summed E-state index contributed by atoms with van der Waals surface area (Å²) in [5.41, 5.74) is 0.394. The van der Waals surface area contributed by atoms with Crippen LogP contribution in [-0.4, -0.2) is 93.2 Å². The number of carbonyl (C=O) groups excluding carboxylic acids is 2. The second-order valence-corrected chi connectivity index (χ2v) is 20.4. The second-order valence-electron chi connectivity index (χ2n) is 12.5. The highest BCUT2D eigenvalue weighted by Gasteiger charge is 2.41. The number of amides is 1. The standard InChI is InChI=1S/C31H45N5O8SSi/c1-9-43-30(38)23-12-10-15-27(37)34(23)20-22(3)45(39,40)35(18-19-46(6,7)8)31-33-32-29(26-17-16-21(2)44-26)36(31)28-24(41-4)13-11-14-25(28)42-5/h11,13-14,16-17,22-23H,9-10,12,15,18-20H2,1-8H3/t22-,23+/m1/s1. The highest BCUT2D eigenvalue weighted by atomic mass is 32.2. The van der Waals surface area contributed by atoms with Crippen molar-refractivity contribution in [2.45, 2.75) is 77.0 Å². The molecule has 2 atom stereocenters. The molecule has 1 aromatic carbocycles. The van der Waals surface area contributed by atoms with Crippen LogP contribution in [0.3, 0.4) is 0 Å². The van der Waals surface area contributed by atoms with Crippen LogP contribution in [0.4, 0.5) is 5.95 Å². The van der Waals surface area contributed by atoms with Crippen molar-refractivity contribution in [1.29, 1.82) is 0 Å². The predicted octanol–water partition coefficient (Wildman–Crippen LogP) is 4.66. The number of piperidine rings is 1. The molecule has 0 bridgehead atoms. The van der Waals surface area contributed by atoms with E-state index in [1.165, 1.54) is 23.4 Å². The minimum Gasteiger partial charge on any atom is -0.494 e. The Morgan fingerprint density at radius 3 is 2.37 bits per heavy atom. The minimum absolute atomic E-state index is 0.0175. The fourth-order valence-electron chi connectivity index (χ4n) is 5.41. The van der Waals surface area contributed by atoms with Gasteiger partial charge in [-0.15, -0.1) is 10.2 Å². The summed E-state index contributed by atoms with van der Waals surface area (Å²) in [7, 11) is -3.00. The van der Waals surface area contributed by atoms with Crippen LogP contribution in [0.2, 0.25) is 25.7 Å². The van der Waals surface area contributed by atoms with Gasteiger partial charge in [-0.3, -0.25) is 9.36 Å². The van der Waals surface area contributed by atoms with Crippen LogP contribution >= 0.6 is 0 Å². The van der Waals surface area contributed by atoms with Crippen molar-refractivity contribution in [3.8, 4) is 28.8 Å². The summed E-state index contributed by atoms with van der Waals surface area (Å²) in [6, 6.07) is 8.52. The molecule has 15 heteroatoms. The Balaban J connectivity index is 1.89. The van der Waals surface area contributed by atoms with Gasteiger partial charge in [-0.2, -0.15) is 0 Å². The third-order valence-electron chi connectivity index (χ3n) is 7.91. The number of hydrogen-bond donors (Lipinski definition) is 0. The molecule has 1 amide bonds. The molecule has 1 aliphatic heterocycles. The van der Waals surface area contributed by atoms with Crippen LogP contribution < -0.4 is 13.8 Å². The summed E-state index contributed by atoms with van der Waals surface area (Å²) >= 11 is 0. The molecule has 0 saturated carbocycles. The van der Waals surface area contributed by atoms with E-state index in [9.17, 15) is 18.0 Å². The smallest absolute Gasteiger partial charge is 0.328 e. The van der Waals surface area contributed by atoms with Crippen molar-refractivity contribution >= 4 is 35.9 Å². The quantitative estimate of drug-likeness (QED) is 0.175. The summed E-state index contributed by atoms with van der Waals surface area (Å²) in [5.74, 6) is 1.26. The number of para-hydroxylation sites is 1. The molecule has 0 N–H and O–H groups in total. The van der Waals surface area contributed by atoms with Gasteiger partial charge in [0.1, 0.15) is 29.0 Å². The number of likely N-dealkylation sites (tertiary alicyclic amines) is 1. The van der Waals surface area contributed by atoms with Gasteiger partial charge in [0.05, 0.1) is 26.1 Å². The second kappa shape index (κ2) is 14.3. The monoisotopic (exact) mass is 675 g/mol. The average molecular weight is 676 g/mol. The summed E-state index contributed by atoms with van der Waals surface area (Å²) in [6.45, 7) is 11.6. The van der Waals surface area contributed by atoms with E-state index in [1.807, 2.05) is 0 Å². The zero-order valence-corrected chi connectivity index (χ0v) is 29.7. The molecule has 0 spiro atoms. The SMILES string of the molecule is CCOC(=O)[C@@H]1CCCC(=O)N1C[C@@H](C)S(=O)(=O)N(CC[Si](C)(C)C)c1nnc(-c2ccc(C)o2)n1-c1c(OC)cccc1OC. The Hall–Kier alpha value is -3.85. The average Bonchev–Trinajstić information content (AvgIpc) is 3.63. The molecule has 0 radical (unpaired) electrons. The molecule has 3 heterocycles. The molecule has 1 aliphatic rings. The van der Waals surface area contributed by atoms with Gasteiger partial charge in [0.2, 0.25) is 27.7 Å². The Morgan fingerprint density at radius 2 is 1.80 bits per heavy atom. The third kappa shape index (κ3) is 7.41. The number of anilines is 1. The van der Waals surface area contributed by atoms with Crippen molar-refractivity contribution in [2.75, 3.05) is 38.2 Å². The van der Waals surface area contributed by atoms with E-state index in [1.54, 1.807) is 55.7 Å². The zero-order valence-electron chi connectivity index (χ0n) is 27.9. The molecular weight excluding hydrogens is 631 g/mol. The number of ether oxygens (including phenoxy) is 3. The van der Waals surface area contributed by atoms with Gasteiger partial charge in [-0.05, 0) is 63.9 Å². The summed E-state index contributed by atoms with van der Waals surface area (Å²) < 4.78 is 54.8. The van der Waals surface area contributed by atoms with E-state index < -0.39 is 35.4 Å². The zero-order chi connectivity index (χ0) is 33.8. The molecule has 2 aromatic heterocycles. The maximum atomic E-state index is 14.7. The Kier molecular flexibility index (Phi) is 10.9. The molecule has 3 aromatic rings. The number of aromatic nitrogens is 3. The van der Waals surface area contributed by atoms with Crippen molar-refractivity contribution < 1.29 is 36.6 Å². The maximum Gasteiger partial charge on any atom is 0.328 e. The van der Waals surface area contributed by atoms with E-state index in [0.717, 1.165) is 0 Å². The number of carbonyl (C=O) groups is 2. The van der Waals surface area contributed by atoms with E-state index >= 15 is 0 Å². The lowest BCUT2D eigenvalue weighted by molar-refractivity contribution is -0.157. The van der Waals surface area contributed by atoms with Crippen LogP contribution in [0, 0.1) is 6.92 Å². The lowest BCUT2D eigenvalue weighted by Gasteiger charge is -2.37. The number of nitrogens with zero attached hydrogens (tertiary/aromatic N) is 5. The molecule has 0 aliphatic carbocycles. The number of furan rings is 1. The van der Waals surface area contributed by atoms with E-state index in [-0.39, 0.29) is 43.8 Å². The normalized spacial score (nSPS) is 16.3. The predicted molar refractivity (Wildman–Crippen MR) is 177 cm³/mol. The Morgan fingerprint density at radius 1 is 1.13 bits per heavy atom. The third-order valence-corrected chi connectivity index (χ3v) is 11.8. The summed E-state index contributed by atoms with van der Waals surface area (Å²) in [4.78, 5) is 27.2. The van der Waals surface area contributed by atoms with Crippen molar-refractivity contribution in [1.82, 2.24) is 19.7 Å². The fraction of sp³-hybridized carbons (Fsp3) is 0.548. The summed E-state index contributed by atoms with van der Waals surface area (Å²) in [6.07, 6.45) is 1.17. The van der Waals surface area contributed by atoms with Crippen molar-refractivity contribution in [2.24, 2.45) is 0 Å². The molecule has 252 valence electrons. The molecule has 13 nitrogen and oxygen atoms in total. The topological polar surface area (TPSA) is 146 Å². The number of hydrogen-bond acceptors (Lipinski definition) is 10. The molecule has 0 unspecified atom stereocenters. The van der Waals surface area contributed by atoms with Crippen molar-refractivity contribution in [3.63, 3.8) is 0 Å². The number of benzene rings is 1. The van der Waals surface area contributed by atoms with E-state index in [4.69, 9.17) is 18.6 Å². The first-order valence-electron chi connectivity index (χ1n) is 15.4. The lowest BCUT2D eigenvalue weighted by atomic mass is 10.0. The minimum atomic E-state index is -4.22. The van der Waals surface area contributed by atoms with Gasteiger partial charge in [-0.1, -0.05) is 25.7 Å². The van der Waals surface area contributed by atoms with Crippen LogP contribution in [0.1, 0.15) is 38.9 Å². The number of esters is 1. The van der Waals surface area contributed by atoms with Gasteiger partial charge in [0.25, 0.3) is 0 Å². The highest BCUT2D eigenvalue weighted by molar-refractivity contribution is 7.93. The van der Waals surface area contributed by atoms with E-state index in [0.29, 0.717) is 47.6 Å². The fourth-order valence-corrected chi connectivity index (χ4v) is 7.94. The van der Waals surface area contributed by atoms with Crippen LogP contribution in [0.25, 0.3) is 17.3 Å². The Bertz CT molecular complexity index is 1630.